The number of thioether (sulfide) groups is 1. The SMILES string of the molecule is Cc1cc(NC(=O)CN(C2=NC3CS(=O)(=O)CC3S2)c2ccccc2)n[nH]1. The fraction of sp³-hybridized carbons (Fsp3) is 0.353. The molecule has 10 heteroatoms. The zero-order valence-corrected chi connectivity index (χ0v) is 16.3. The predicted molar refractivity (Wildman–Crippen MR) is 107 cm³/mol. The zero-order chi connectivity index (χ0) is 19.0. The molecule has 27 heavy (non-hydrogen) atoms. The normalized spacial score (nSPS) is 22.9. The van der Waals surface area contributed by atoms with Crippen LogP contribution in [0, 0.1) is 6.92 Å². The van der Waals surface area contributed by atoms with Gasteiger partial charge in [-0.15, -0.1) is 0 Å². The van der Waals surface area contributed by atoms with Crippen LogP contribution in [-0.4, -0.2) is 59.0 Å². The summed E-state index contributed by atoms with van der Waals surface area (Å²) in [7, 11) is -3.02. The van der Waals surface area contributed by atoms with Gasteiger partial charge in [-0.2, -0.15) is 5.10 Å². The third-order valence-corrected chi connectivity index (χ3v) is 7.63. The fourth-order valence-corrected chi connectivity index (χ4v) is 6.94. The number of carbonyl (C=O) groups is 1. The van der Waals surface area contributed by atoms with E-state index in [9.17, 15) is 13.2 Å². The molecule has 142 valence electrons. The number of amides is 1. The molecule has 2 N–H and O–H groups in total. The van der Waals surface area contributed by atoms with Crippen molar-refractivity contribution >= 4 is 44.2 Å². The summed E-state index contributed by atoms with van der Waals surface area (Å²) >= 11 is 1.43. The van der Waals surface area contributed by atoms with Gasteiger partial charge in [0.05, 0.1) is 17.5 Å². The smallest absolute Gasteiger partial charge is 0.245 e. The number of aromatic nitrogens is 2. The van der Waals surface area contributed by atoms with Crippen molar-refractivity contribution in [3.05, 3.63) is 42.1 Å². The molecule has 0 spiro atoms. The topological polar surface area (TPSA) is 108 Å². The Balaban J connectivity index is 1.54. The van der Waals surface area contributed by atoms with Gasteiger partial charge >= 0.3 is 0 Å². The van der Waals surface area contributed by atoms with Crippen molar-refractivity contribution in [1.82, 2.24) is 10.2 Å². The standard InChI is InChI=1S/C17H19N5O3S2/c1-11-7-15(21-20-11)19-16(23)8-22(12-5-3-2-4-6-12)17-18-13-9-27(24,25)10-14(13)26-17/h2-7,13-14H,8-10H2,1H3,(H2,19,20,21,23). The van der Waals surface area contributed by atoms with Crippen LogP contribution in [0.1, 0.15) is 5.69 Å². The number of sulfone groups is 1. The second-order valence-corrected chi connectivity index (χ2v) is 9.98. The highest BCUT2D eigenvalue weighted by molar-refractivity contribution is 8.15. The van der Waals surface area contributed by atoms with Gasteiger partial charge in [-0.25, -0.2) is 8.42 Å². The van der Waals surface area contributed by atoms with Crippen LogP contribution in [0.25, 0.3) is 0 Å². The largest absolute Gasteiger partial charge is 0.312 e. The molecule has 1 aromatic carbocycles. The van der Waals surface area contributed by atoms with Crippen molar-refractivity contribution in [2.45, 2.75) is 18.2 Å². The van der Waals surface area contributed by atoms with Crippen molar-refractivity contribution in [2.75, 3.05) is 28.3 Å². The number of rotatable bonds is 4. The number of hydrogen-bond acceptors (Lipinski definition) is 7. The highest BCUT2D eigenvalue weighted by atomic mass is 32.2. The number of carbonyl (C=O) groups excluding carboxylic acids is 1. The van der Waals surface area contributed by atoms with E-state index in [-0.39, 0.29) is 35.2 Å². The Morgan fingerprint density at radius 3 is 2.78 bits per heavy atom. The second-order valence-electron chi connectivity index (χ2n) is 6.62. The molecule has 4 rings (SSSR count). The number of hydrogen-bond donors (Lipinski definition) is 2. The summed E-state index contributed by atoms with van der Waals surface area (Å²) in [6, 6.07) is 11.0. The van der Waals surface area contributed by atoms with E-state index in [0.717, 1.165) is 11.4 Å². The van der Waals surface area contributed by atoms with Gasteiger partial charge in [0.2, 0.25) is 5.91 Å². The zero-order valence-electron chi connectivity index (χ0n) is 14.6. The molecule has 0 radical (unpaired) electrons. The number of H-pyrrole nitrogens is 1. The molecule has 1 fully saturated rings. The van der Waals surface area contributed by atoms with Gasteiger partial charge in [-0.1, -0.05) is 30.0 Å². The summed E-state index contributed by atoms with van der Waals surface area (Å²) in [4.78, 5) is 19.0. The summed E-state index contributed by atoms with van der Waals surface area (Å²) in [6.45, 7) is 1.92. The summed E-state index contributed by atoms with van der Waals surface area (Å²) in [5.74, 6) is 0.458. The van der Waals surface area contributed by atoms with Crippen molar-refractivity contribution in [1.29, 1.82) is 0 Å². The van der Waals surface area contributed by atoms with Crippen molar-refractivity contribution in [2.24, 2.45) is 4.99 Å². The first kappa shape index (κ1) is 18.1. The average Bonchev–Trinajstić information content (AvgIpc) is 3.26. The molecule has 2 unspecified atom stereocenters. The number of aromatic amines is 1. The van der Waals surface area contributed by atoms with Gasteiger partial charge < -0.3 is 10.2 Å². The molecule has 1 saturated heterocycles. The summed E-state index contributed by atoms with van der Waals surface area (Å²) in [5, 5.41) is 10.2. The summed E-state index contributed by atoms with van der Waals surface area (Å²) in [6.07, 6.45) is 0. The Morgan fingerprint density at radius 2 is 2.11 bits per heavy atom. The third kappa shape index (κ3) is 4.01. The molecule has 0 saturated carbocycles. The van der Waals surface area contributed by atoms with Crippen molar-refractivity contribution in [3.8, 4) is 0 Å². The molecule has 8 nitrogen and oxygen atoms in total. The second kappa shape index (κ2) is 7.01. The molecule has 2 aromatic rings. The molecular formula is C17H19N5O3S2. The molecule has 1 amide bonds. The number of nitrogens with one attached hydrogen (secondary N) is 2. The number of aryl methyl sites for hydroxylation is 1. The van der Waals surface area contributed by atoms with Crippen LogP contribution < -0.4 is 10.2 Å². The maximum atomic E-state index is 12.5. The van der Waals surface area contributed by atoms with E-state index < -0.39 is 9.84 Å². The number of amidine groups is 1. The molecular weight excluding hydrogens is 386 g/mol. The van der Waals surface area contributed by atoms with E-state index in [1.165, 1.54) is 11.8 Å². The van der Waals surface area contributed by atoms with Crippen LogP contribution in [0.5, 0.6) is 0 Å². The van der Waals surface area contributed by atoms with E-state index in [2.05, 4.69) is 20.5 Å². The van der Waals surface area contributed by atoms with Crippen LogP contribution in [-0.2, 0) is 14.6 Å². The number of fused-ring (bicyclic) bond motifs is 1. The Hall–Kier alpha value is -2.33. The van der Waals surface area contributed by atoms with Crippen molar-refractivity contribution in [3.63, 3.8) is 0 Å². The molecule has 0 aliphatic carbocycles. The summed E-state index contributed by atoms with van der Waals surface area (Å²) in [5.41, 5.74) is 1.69. The molecule has 2 atom stereocenters. The predicted octanol–water partition coefficient (Wildman–Crippen LogP) is 1.43. The first-order chi connectivity index (χ1) is 12.9. The minimum absolute atomic E-state index is 0.0634. The van der Waals surface area contributed by atoms with Crippen LogP contribution in [0.2, 0.25) is 0 Å². The van der Waals surface area contributed by atoms with Gasteiger partial charge in [0.25, 0.3) is 0 Å². The Morgan fingerprint density at radius 1 is 1.33 bits per heavy atom. The van der Waals surface area contributed by atoms with E-state index in [1.54, 1.807) is 6.07 Å². The number of nitrogens with zero attached hydrogens (tertiary/aromatic N) is 3. The Labute approximate surface area is 161 Å². The van der Waals surface area contributed by atoms with E-state index in [4.69, 9.17) is 0 Å². The fourth-order valence-electron chi connectivity index (χ4n) is 3.16. The lowest BCUT2D eigenvalue weighted by molar-refractivity contribution is -0.114. The minimum atomic E-state index is -3.02. The number of benzene rings is 1. The van der Waals surface area contributed by atoms with E-state index >= 15 is 0 Å². The maximum absolute atomic E-state index is 12.5. The third-order valence-electron chi connectivity index (χ3n) is 4.38. The molecule has 1 aromatic heterocycles. The number of para-hydroxylation sites is 1. The van der Waals surface area contributed by atoms with Crippen LogP contribution >= 0.6 is 11.8 Å². The van der Waals surface area contributed by atoms with E-state index in [0.29, 0.717) is 11.0 Å². The summed E-state index contributed by atoms with van der Waals surface area (Å²) < 4.78 is 23.6. The lowest BCUT2D eigenvalue weighted by atomic mass is 10.3. The Kier molecular flexibility index (Phi) is 4.68. The highest BCUT2D eigenvalue weighted by Gasteiger charge is 2.44. The first-order valence-corrected chi connectivity index (χ1v) is 11.2. The lowest BCUT2D eigenvalue weighted by Crippen LogP contribution is -2.36. The van der Waals surface area contributed by atoms with Gasteiger partial charge in [-0.3, -0.25) is 14.9 Å². The first-order valence-electron chi connectivity index (χ1n) is 8.49. The van der Waals surface area contributed by atoms with Gasteiger partial charge in [0.15, 0.2) is 20.8 Å². The lowest BCUT2D eigenvalue weighted by Gasteiger charge is -2.23. The Bertz CT molecular complexity index is 987. The molecule has 2 aliphatic rings. The molecule has 2 aliphatic heterocycles. The number of anilines is 2. The van der Waals surface area contributed by atoms with Crippen LogP contribution in [0.15, 0.2) is 41.4 Å². The highest BCUT2D eigenvalue weighted by Crippen LogP contribution is 2.36. The van der Waals surface area contributed by atoms with E-state index in [1.807, 2.05) is 42.2 Å². The number of aliphatic imine (C=N–C) groups is 1. The molecule has 3 heterocycles. The minimum Gasteiger partial charge on any atom is -0.312 e. The quantitative estimate of drug-likeness (QED) is 0.797. The maximum Gasteiger partial charge on any atom is 0.245 e. The van der Waals surface area contributed by atoms with Crippen LogP contribution in [0.3, 0.4) is 0 Å². The van der Waals surface area contributed by atoms with Gasteiger partial charge in [0, 0.05) is 22.7 Å². The van der Waals surface area contributed by atoms with Crippen molar-refractivity contribution < 1.29 is 13.2 Å². The molecule has 0 bridgehead atoms. The monoisotopic (exact) mass is 405 g/mol. The van der Waals surface area contributed by atoms with Crippen LogP contribution in [0.4, 0.5) is 11.5 Å². The van der Waals surface area contributed by atoms with Gasteiger partial charge in [-0.05, 0) is 19.1 Å². The van der Waals surface area contributed by atoms with Gasteiger partial charge in [0.1, 0.15) is 6.54 Å². The average molecular weight is 406 g/mol.